The zero-order valence-corrected chi connectivity index (χ0v) is 16.5. The lowest BCUT2D eigenvalue weighted by Gasteiger charge is -2.58. The van der Waals surface area contributed by atoms with Gasteiger partial charge in [0.25, 0.3) is 5.91 Å². The molecule has 6 rings (SSSR count). The number of rotatable bonds is 4. The minimum atomic E-state index is -0.248. The fourth-order valence-corrected chi connectivity index (χ4v) is 7.06. The smallest absolute Gasteiger partial charge is 0.292 e. The van der Waals surface area contributed by atoms with Crippen molar-refractivity contribution >= 4 is 17.5 Å². The maximum absolute atomic E-state index is 13.0. The van der Waals surface area contributed by atoms with Crippen LogP contribution in [-0.2, 0) is 9.59 Å². The van der Waals surface area contributed by atoms with Gasteiger partial charge in [-0.15, -0.1) is 0 Å². The number of benzene rings is 1. The summed E-state index contributed by atoms with van der Waals surface area (Å²) in [5, 5.41) is 2.25. The van der Waals surface area contributed by atoms with Crippen LogP contribution >= 0.6 is 0 Å². The Morgan fingerprint density at radius 3 is 2.11 bits per heavy atom. The van der Waals surface area contributed by atoms with E-state index in [0.29, 0.717) is 23.6 Å². The van der Waals surface area contributed by atoms with Gasteiger partial charge in [0, 0.05) is 5.41 Å². The number of hydrogen-bond donors (Lipinski definition) is 1. The van der Waals surface area contributed by atoms with E-state index in [0.717, 1.165) is 23.3 Å². The summed E-state index contributed by atoms with van der Waals surface area (Å²) >= 11 is 0. The van der Waals surface area contributed by atoms with E-state index in [2.05, 4.69) is 12.2 Å². The van der Waals surface area contributed by atoms with Gasteiger partial charge in [0.1, 0.15) is 0 Å². The molecule has 2 amide bonds. The highest BCUT2D eigenvalue weighted by Gasteiger charge is 2.56. The van der Waals surface area contributed by atoms with Gasteiger partial charge in [0.2, 0.25) is 5.91 Å². The van der Waals surface area contributed by atoms with Crippen LogP contribution in [0.1, 0.15) is 57.4 Å². The van der Waals surface area contributed by atoms with Crippen LogP contribution in [0.25, 0.3) is 0 Å². The van der Waals surface area contributed by atoms with Gasteiger partial charge in [0.05, 0.1) is 18.2 Å². The average Bonchev–Trinajstić information content (AvgIpc) is 2.88. The van der Waals surface area contributed by atoms with E-state index >= 15 is 0 Å². The molecule has 4 nitrogen and oxygen atoms in total. The number of aryl methyl sites for hydroxylation is 1. The van der Waals surface area contributed by atoms with Crippen LogP contribution in [0.5, 0.6) is 0 Å². The first-order valence-electron chi connectivity index (χ1n) is 10.7. The van der Waals surface area contributed by atoms with Crippen molar-refractivity contribution in [3.8, 4) is 0 Å². The van der Waals surface area contributed by atoms with Crippen molar-refractivity contribution in [3.05, 3.63) is 29.8 Å². The van der Waals surface area contributed by atoms with Gasteiger partial charge < -0.3 is 5.32 Å². The van der Waals surface area contributed by atoms with Crippen LogP contribution in [0.2, 0.25) is 0 Å². The fraction of sp³-hybridized carbons (Fsp3) is 0.652. The monoisotopic (exact) mass is 367 g/mol. The number of carbonyl (C=O) groups excluding carboxylic acids is 2. The second-order valence-corrected chi connectivity index (χ2v) is 9.97. The number of anilines is 1. The van der Waals surface area contributed by atoms with Gasteiger partial charge in [-0.2, -0.15) is 0 Å². The van der Waals surface area contributed by atoms with E-state index in [4.69, 9.17) is 0 Å². The molecule has 1 aromatic carbocycles. The number of hydrogen-bond acceptors (Lipinski definition) is 2. The molecule has 1 aromatic rings. The normalized spacial score (nSPS) is 38.7. The van der Waals surface area contributed by atoms with Crippen molar-refractivity contribution in [2.24, 2.45) is 23.2 Å². The molecule has 4 bridgehead atoms. The van der Waals surface area contributed by atoms with E-state index in [1.165, 1.54) is 43.4 Å². The average molecular weight is 368 g/mol. The van der Waals surface area contributed by atoms with Crippen LogP contribution < -0.4 is 10.2 Å². The molecule has 4 heteroatoms. The Hall–Kier alpha value is -1.68. The van der Waals surface area contributed by atoms with E-state index in [1.54, 1.807) is 0 Å². The predicted octanol–water partition coefficient (Wildman–Crippen LogP) is 2.80. The summed E-state index contributed by atoms with van der Waals surface area (Å²) in [5.74, 6) is 2.66. The second kappa shape index (κ2) is 6.16. The van der Waals surface area contributed by atoms with Crippen molar-refractivity contribution in [1.82, 2.24) is 0 Å². The molecule has 4 saturated carbocycles. The van der Waals surface area contributed by atoms with E-state index in [9.17, 15) is 9.59 Å². The third kappa shape index (κ3) is 2.84. The van der Waals surface area contributed by atoms with Gasteiger partial charge >= 0.3 is 0 Å². The summed E-state index contributed by atoms with van der Waals surface area (Å²) in [6.07, 6.45) is 8.67. The number of nitrogens with two attached hydrogens (primary N) is 1. The van der Waals surface area contributed by atoms with Crippen molar-refractivity contribution in [2.45, 2.75) is 70.9 Å². The molecular formula is C23H31N2O2+. The summed E-state index contributed by atoms with van der Waals surface area (Å²) in [6, 6.07) is 7.87. The minimum Gasteiger partial charge on any atom is -0.333 e. The van der Waals surface area contributed by atoms with Crippen molar-refractivity contribution < 1.29 is 14.9 Å². The molecule has 2 atom stereocenters. The summed E-state index contributed by atoms with van der Waals surface area (Å²) in [6.45, 7) is 4.33. The van der Waals surface area contributed by atoms with Gasteiger partial charge in [-0.1, -0.05) is 17.7 Å². The quantitative estimate of drug-likeness (QED) is 0.832. The molecule has 2 N–H and O–H groups in total. The third-order valence-corrected chi connectivity index (χ3v) is 8.05. The summed E-state index contributed by atoms with van der Waals surface area (Å²) in [7, 11) is 0. The molecule has 1 heterocycles. The highest BCUT2D eigenvalue weighted by molar-refractivity contribution is 6.21. The van der Waals surface area contributed by atoms with Crippen LogP contribution in [-0.4, -0.2) is 23.9 Å². The fourth-order valence-electron chi connectivity index (χ4n) is 7.06. The maximum atomic E-state index is 13.0. The van der Waals surface area contributed by atoms with E-state index in [1.807, 2.05) is 31.2 Å². The maximum Gasteiger partial charge on any atom is 0.292 e. The number of amides is 2. The van der Waals surface area contributed by atoms with Crippen molar-refractivity contribution in [2.75, 3.05) is 4.90 Å². The lowest BCUT2D eigenvalue weighted by molar-refractivity contribution is -0.720. The minimum absolute atomic E-state index is 0.0274. The summed E-state index contributed by atoms with van der Waals surface area (Å²) in [5.41, 5.74) is 2.25. The van der Waals surface area contributed by atoms with Gasteiger partial charge in [-0.05, 0) is 82.3 Å². The van der Waals surface area contributed by atoms with Crippen molar-refractivity contribution in [1.29, 1.82) is 0 Å². The Labute approximate surface area is 161 Å². The molecule has 144 valence electrons. The molecule has 5 aliphatic rings. The first kappa shape index (κ1) is 17.4. The van der Waals surface area contributed by atoms with Crippen LogP contribution in [0.3, 0.4) is 0 Å². The van der Waals surface area contributed by atoms with Crippen LogP contribution in [0, 0.1) is 30.1 Å². The lowest BCUT2D eigenvalue weighted by Crippen LogP contribution is -2.98. The Balaban J connectivity index is 1.32. The van der Waals surface area contributed by atoms with Crippen LogP contribution in [0.15, 0.2) is 24.3 Å². The van der Waals surface area contributed by atoms with Crippen molar-refractivity contribution in [3.63, 3.8) is 0 Å². The Bertz CT molecular complexity index is 734. The number of nitrogens with zero attached hydrogens (tertiary/aromatic N) is 1. The molecule has 0 unspecified atom stereocenters. The lowest BCUT2D eigenvalue weighted by atomic mass is 9.48. The van der Waals surface area contributed by atoms with Gasteiger partial charge in [-0.25, -0.2) is 4.90 Å². The molecular weight excluding hydrogens is 336 g/mol. The molecule has 1 aliphatic heterocycles. The molecule has 27 heavy (non-hydrogen) atoms. The standard InChI is InChI=1S/C23H30N2O2/c1-14-3-5-19(6-4-14)25-21(26)10-20(22(25)27)24-15(2)23-11-16-7-17(12-23)9-18(8-16)13-23/h3-6,15-18,20,24H,7-13H2,1-2H3/p+1/t15-,16?,17?,18?,20-,23?/m0/s1. The molecule has 5 fully saturated rings. The molecule has 0 radical (unpaired) electrons. The summed E-state index contributed by atoms with van der Waals surface area (Å²) in [4.78, 5) is 27.0. The Morgan fingerprint density at radius 1 is 1.00 bits per heavy atom. The highest BCUT2D eigenvalue weighted by atomic mass is 16.2. The third-order valence-electron chi connectivity index (χ3n) is 8.05. The molecule has 0 aromatic heterocycles. The molecule has 4 aliphatic carbocycles. The highest BCUT2D eigenvalue weighted by Crippen LogP contribution is 2.60. The Morgan fingerprint density at radius 2 is 1.56 bits per heavy atom. The molecule has 0 spiro atoms. The van der Waals surface area contributed by atoms with Gasteiger partial charge in [-0.3, -0.25) is 9.59 Å². The number of quaternary nitrogens is 1. The van der Waals surface area contributed by atoms with Crippen LogP contribution in [0.4, 0.5) is 5.69 Å². The zero-order valence-electron chi connectivity index (χ0n) is 16.5. The SMILES string of the molecule is Cc1ccc(N2C(=O)C[C@H]([NH2+][C@@H](C)C34CC5CC(CC(C5)C3)C4)C2=O)cc1. The van der Waals surface area contributed by atoms with E-state index < -0.39 is 0 Å². The number of imide groups is 1. The Kier molecular flexibility index (Phi) is 3.98. The first-order chi connectivity index (χ1) is 12.9. The first-order valence-corrected chi connectivity index (χ1v) is 10.7. The molecule has 1 saturated heterocycles. The largest absolute Gasteiger partial charge is 0.333 e. The van der Waals surface area contributed by atoms with Gasteiger partial charge in [0.15, 0.2) is 6.04 Å². The zero-order chi connectivity index (χ0) is 18.8. The van der Waals surface area contributed by atoms with E-state index in [-0.39, 0.29) is 17.9 Å². The second-order valence-electron chi connectivity index (χ2n) is 9.97. The topological polar surface area (TPSA) is 54.0 Å². The predicted molar refractivity (Wildman–Crippen MR) is 104 cm³/mol. The summed E-state index contributed by atoms with van der Waals surface area (Å²) < 4.78 is 0. The number of carbonyl (C=O) groups is 2.